The van der Waals surface area contributed by atoms with Crippen LogP contribution in [0.1, 0.15) is 33.7 Å². The van der Waals surface area contributed by atoms with Crippen LogP contribution < -0.4 is 0 Å². The molecular formula is C17H23IN2OSSi. The summed E-state index contributed by atoms with van der Waals surface area (Å²) in [6, 6.07) is 2.39. The van der Waals surface area contributed by atoms with Gasteiger partial charge >= 0.3 is 0 Å². The number of thiophene rings is 1. The molecule has 23 heavy (non-hydrogen) atoms. The third-order valence-corrected chi connectivity index (χ3v) is 8.10. The summed E-state index contributed by atoms with van der Waals surface area (Å²) in [6.45, 7) is 7.34. The molecule has 0 N–H and O–H groups in total. The first-order chi connectivity index (χ1) is 10.8. The summed E-state index contributed by atoms with van der Waals surface area (Å²) in [5.41, 5.74) is 4.16. The van der Waals surface area contributed by atoms with Crippen LogP contribution in [0, 0.1) is 11.3 Å². The summed E-state index contributed by atoms with van der Waals surface area (Å²) < 4.78 is 7.38. The van der Waals surface area contributed by atoms with Crippen molar-refractivity contribution in [2.75, 3.05) is 7.05 Å². The lowest BCUT2D eigenvalue weighted by Gasteiger charge is -2.34. The Morgan fingerprint density at radius 1 is 1.26 bits per heavy atom. The van der Waals surface area contributed by atoms with Crippen molar-refractivity contribution in [2.45, 2.75) is 58.0 Å². The zero-order valence-electron chi connectivity index (χ0n) is 14.2. The highest BCUT2D eigenvalue weighted by molar-refractivity contribution is 14.1. The van der Waals surface area contributed by atoms with Crippen molar-refractivity contribution in [3.05, 3.63) is 26.6 Å². The lowest BCUT2D eigenvalue weighted by atomic mass is 9.93. The quantitative estimate of drug-likeness (QED) is 0.477. The Morgan fingerprint density at radius 3 is 2.61 bits per heavy atom. The van der Waals surface area contributed by atoms with Gasteiger partial charge in [0.1, 0.15) is 0 Å². The van der Waals surface area contributed by atoms with Crippen LogP contribution in [-0.4, -0.2) is 26.4 Å². The van der Waals surface area contributed by atoms with Gasteiger partial charge in [0.2, 0.25) is 0 Å². The van der Waals surface area contributed by atoms with Crippen molar-refractivity contribution < 1.29 is 4.43 Å². The van der Waals surface area contributed by atoms with E-state index in [2.05, 4.69) is 60.2 Å². The maximum atomic E-state index is 9.67. The van der Waals surface area contributed by atoms with Crippen LogP contribution in [0.15, 0.2) is 5.70 Å². The van der Waals surface area contributed by atoms with E-state index in [9.17, 15) is 5.26 Å². The predicted octanol–water partition coefficient (Wildman–Crippen LogP) is 4.92. The van der Waals surface area contributed by atoms with Crippen LogP contribution in [0.3, 0.4) is 0 Å². The number of nitrogens with zero attached hydrogens (tertiary/aromatic N) is 2. The minimum absolute atomic E-state index is 0.453. The van der Waals surface area contributed by atoms with Crippen molar-refractivity contribution in [3.63, 3.8) is 0 Å². The summed E-state index contributed by atoms with van der Waals surface area (Å²) in [4.78, 5) is 5.20. The van der Waals surface area contributed by atoms with Crippen LogP contribution in [-0.2, 0) is 23.8 Å². The molecule has 0 fully saturated rings. The highest BCUT2D eigenvalue weighted by Crippen LogP contribution is 2.46. The van der Waals surface area contributed by atoms with E-state index in [1.807, 2.05) is 11.3 Å². The maximum absolute atomic E-state index is 9.67. The second-order valence-electron chi connectivity index (χ2n) is 7.31. The fraction of sp³-hybridized carbons (Fsp3) is 0.588. The van der Waals surface area contributed by atoms with Gasteiger partial charge in [-0.25, -0.2) is 0 Å². The highest BCUT2D eigenvalue weighted by Gasteiger charge is 2.34. The molecule has 0 amide bonds. The molecule has 124 valence electrons. The van der Waals surface area contributed by atoms with Gasteiger partial charge in [-0.3, -0.25) is 0 Å². The van der Waals surface area contributed by atoms with Gasteiger partial charge in [0.05, 0.1) is 15.3 Å². The molecule has 1 aliphatic carbocycles. The molecule has 0 saturated carbocycles. The van der Waals surface area contributed by atoms with Crippen LogP contribution >= 0.6 is 33.9 Å². The van der Waals surface area contributed by atoms with E-state index in [1.54, 1.807) is 10.4 Å². The van der Waals surface area contributed by atoms with Gasteiger partial charge in [-0.1, -0.05) is 0 Å². The Kier molecular flexibility index (Phi) is 4.94. The molecule has 0 bridgehead atoms. The van der Waals surface area contributed by atoms with Crippen LogP contribution in [0.2, 0.25) is 19.6 Å². The Morgan fingerprint density at radius 2 is 1.96 bits per heavy atom. The molecule has 3 nitrogen and oxygen atoms in total. The van der Waals surface area contributed by atoms with Gasteiger partial charge in [0.25, 0.3) is 0 Å². The monoisotopic (exact) mass is 458 g/mol. The van der Waals surface area contributed by atoms with E-state index in [-0.39, 0.29) is 0 Å². The molecule has 1 aromatic heterocycles. The minimum Gasteiger partial charge on any atom is -0.398 e. The SMILES string of the molecule is CN1Cc2c(sc3c2CCCC3)C(I)=C1C(C#N)O[Si](C)(C)C. The number of aryl methyl sites for hydroxylation is 1. The lowest BCUT2D eigenvalue weighted by molar-refractivity contribution is 0.231. The summed E-state index contributed by atoms with van der Waals surface area (Å²) in [5, 5.41) is 9.67. The lowest BCUT2D eigenvalue weighted by Crippen LogP contribution is -2.38. The van der Waals surface area contributed by atoms with Crippen LogP contribution in [0.4, 0.5) is 0 Å². The molecule has 0 saturated heterocycles. The van der Waals surface area contributed by atoms with Gasteiger partial charge in [-0.15, -0.1) is 11.3 Å². The molecule has 0 radical (unpaired) electrons. The Bertz CT molecular complexity index is 699. The maximum Gasteiger partial charge on any atom is 0.186 e. The molecule has 0 aromatic carbocycles. The standard InChI is InChI=1S/C17H23IN2OSSi/c1-20-10-12-11-7-5-6-8-14(11)22-17(12)15(18)16(20)13(9-19)21-23(2,3)4/h13H,5-8,10H2,1-4H3. The first-order valence-electron chi connectivity index (χ1n) is 8.14. The third-order valence-electron chi connectivity index (χ3n) is 4.35. The van der Waals surface area contributed by atoms with Crippen LogP contribution in [0.5, 0.6) is 0 Å². The average Bonchev–Trinajstić information content (AvgIpc) is 2.84. The van der Waals surface area contributed by atoms with Gasteiger partial charge in [0, 0.05) is 23.3 Å². The fourth-order valence-corrected chi connectivity index (χ4v) is 6.96. The summed E-state index contributed by atoms with van der Waals surface area (Å²) in [5.74, 6) is 0. The second kappa shape index (κ2) is 6.51. The molecule has 6 heteroatoms. The number of hydrogen-bond acceptors (Lipinski definition) is 4. The predicted molar refractivity (Wildman–Crippen MR) is 107 cm³/mol. The first kappa shape index (κ1) is 17.5. The zero-order chi connectivity index (χ0) is 16.8. The third kappa shape index (κ3) is 3.39. The van der Waals surface area contributed by atoms with E-state index in [0.29, 0.717) is 0 Å². The van der Waals surface area contributed by atoms with E-state index >= 15 is 0 Å². The van der Waals surface area contributed by atoms with Gasteiger partial charge < -0.3 is 9.33 Å². The number of halogens is 1. The van der Waals surface area contributed by atoms with Crippen molar-refractivity contribution >= 4 is 45.8 Å². The van der Waals surface area contributed by atoms with Crippen molar-refractivity contribution in [2.24, 2.45) is 0 Å². The first-order valence-corrected chi connectivity index (χ1v) is 13.4. The Balaban J connectivity index is 2.05. The van der Waals surface area contributed by atoms with E-state index in [0.717, 1.165) is 12.2 Å². The Hall–Kier alpha value is -0.363. The normalized spacial score (nSPS) is 19.2. The number of rotatable bonds is 3. The average molecular weight is 458 g/mol. The smallest absolute Gasteiger partial charge is 0.186 e. The number of likely N-dealkylation sites (N-methyl/N-ethyl adjacent to an activating group) is 1. The fourth-order valence-electron chi connectivity index (χ4n) is 3.39. The molecule has 2 heterocycles. The summed E-state index contributed by atoms with van der Waals surface area (Å²) >= 11 is 4.38. The van der Waals surface area contributed by atoms with Gasteiger partial charge in [0.15, 0.2) is 14.4 Å². The molecule has 1 atom stereocenters. The van der Waals surface area contributed by atoms with Crippen molar-refractivity contribution in [1.29, 1.82) is 5.26 Å². The number of fused-ring (bicyclic) bond motifs is 3. The van der Waals surface area contributed by atoms with E-state index in [4.69, 9.17) is 4.43 Å². The van der Waals surface area contributed by atoms with Crippen molar-refractivity contribution in [1.82, 2.24) is 4.90 Å². The minimum atomic E-state index is -1.77. The molecule has 1 unspecified atom stereocenters. The number of nitriles is 1. The molecule has 1 aliphatic heterocycles. The molecule has 1 aromatic rings. The van der Waals surface area contributed by atoms with Gasteiger partial charge in [-0.05, 0) is 79.0 Å². The van der Waals surface area contributed by atoms with Gasteiger partial charge in [-0.2, -0.15) is 5.26 Å². The molecule has 2 aliphatic rings. The Labute approximate surface area is 157 Å². The summed E-state index contributed by atoms with van der Waals surface area (Å²) in [6.07, 6.45) is 4.62. The summed E-state index contributed by atoms with van der Waals surface area (Å²) in [7, 11) is 0.330. The number of hydrogen-bond donors (Lipinski definition) is 0. The molecule has 3 rings (SSSR count). The zero-order valence-corrected chi connectivity index (χ0v) is 18.2. The van der Waals surface area contributed by atoms with E-state index < -0.39 is 14.4 Å². The highest BCUT2D eigenvalue weighted by atomic mass is 127. The van der Waals surface area contributed by atoms with E-state index in [1.165, 1.54) is 39.7 Å². The largest absolute Gasteiger partial charge is 0.398 e. The molecular weight excluding hydrogens is 435 g/mol. The second-order valence-corrected chi connectivity index (χ2v) is 14.0. The topological polar surface area (TPSA) is 36.3 Å². The van der Waals surface area contributed by atoms with Crippen LogP contribution in [0.25, 0.3) is 3.58 Å². The molecule has 0 spiro atoms. The van der Waals surface area contributed by atoms with Crippen molar-refractivity contribution in [3.8, 4) is 6.07 Å².